The summed E-state index contributed by atoms with van der Waals surface area (Å²) in [5.74, 6) is 0.369. The Morgan fingerprint density at radius 1 is 0.969 bits per heavy atom. The van der Waals surface area contributed by atoms with Crippen LogP contribution in [0.1, 0.15) is 22.8 Å². The van der Waals surface area contributed by atoms with Gasteiger partial charge in [-0.25, -0.2) is 12.8 Å². The van der Waals surface area contributed by atoms with E-state index in [1.165, 1.54) is 36.4 Å². The first-order chi connectivity index (χ1) is 15.3. The van der Waals surface area contributed by atoms with Crippen molar-refractivity contribution in [3.05, 3.63) is 83.7 Å². The summed E-state index contributed by atoms with van der Waals surface area (Å²) in [7, 11) is -2.32. The Morgan fingerprint density at radius 2 is 1.66 bits per heavy atom. The lowest BCUT2D eigenvalue weighted by Crippen LogP contribution is -2.22. The van der Waals surface area contributed by atoms with E-state index in [2.05, 4.69) is 10.0 Å². The summed E-state index contributed by atoms with van der Waals surface area (Å²) < 4.78 is 51.0. The van der Waals surface area contributed by atoms with E-state index in [-0.39, 0.29) is 23.0 Å². The van der Waals surface area contributed by atoms with E-state index >= 15 is 0 Å². The predicted molar refractivity (Wildman–Crippen MR) is 119 cm³/mol. The molecule has 0 bridgehead atoms. The van der Waals surface area contributed by atoms with Crippen molar-refractivity contribution < 1.29 is 27.1 Å². The van der Waals surface area contributed by atoms with Gasteiger partial charge in [0.25, 0.3) is 15.9 Å². The first-order valence-electron chi connectivity index (χ1n) is 9.78. The number of benzene rings is 3. The normalized spacial score (nSPS) is 11.0. The molecule has 0 heterocycles. The van der Waals surface area contributed by atoms with Gasteiger partial charge in [-0.05, 0) is 73.2 Å². The minimum absolute atomic E-state index is 0.0634. The zero-order valence-electron chi connectivity index (χ0n) is 17.6. The van der Waals surface area contributed by atoms with Crippen LogP contribution in [0.5, 0.6) is 11.5 Å². The predicted octanol–water partition coefficient (Wildman–Crippen LogP) is 3.96. The molecule has 7 nitrogen and oxygen atoms in total. The van der Waals surface area contributed by atoms with E-state index in [4.69, 9.17) is 9.47 Å². The molecular formula is C23H23FN2O5S. The second-order valence-electron chi connectivity index (χ2n) is 6.74. The lowest BCUT2D eigenvalue weighted by atomic mass is 10.1. The highest BCUT2D eigenvalue weighted by Crippen LogP contribution is 2.28. The van der Waals surface area contributed by atoms with Gasteiger partial charge in [-0.2, -0.15) is 0 Å². The Kier molecular flexibility index (Phi) is 7.32. The van der Waals surface area contributed by atoms with Crippen molar-refractivity contribution in [1.82, 2.24) is 5.32 Å². The Hall–Kier alpha value is -3.59. The van der Waals surface area contributed by atoms with Crippen molar-refractivity contribution in [2.45, 2.75) is 18.4 Å². The molecular weight excluding hydrogens is 435 g/mol. The number of sulfonamides is 1. The van der Waals surface area contributed by atoms with E-state index in [0.717, 1.165) is 17.7 Å². The molecule has 32 heavy (non-hydrogen) atoms. The van der Waals surface area contributed by atoms with Gasteiger partial charge < -0.3 is 14.8 Å². The molecule has 3 aromatic rings. The summed E-state index contributed by atoms with van der Waals surface area (Å²) in [6, 6.07) is 15.9. The topological polar surface area (TPSA) is 93.7 Å². The number of halogens is 1. The van der Waals surface area contributed by atoms with Crippen molar-refractivity contribution in [3.8, 4) is 11.5 Å². The largest absolute Gasteiger partial charge is 0.493 e. The molecule has 9 heteroatoms. The van der Waals surface area contributed by atoms with Gasteiger partial charge >= 0.3 is 0 Å². The highest BCUT2D eigenvalue weighted by molar-refractivity contribution is 7.92. The Bertz CT molecular complexity index is 1180. The summed E-state index contributed by atoms with van der Waals surface area (Å²) in [6.45, 7) is 2.68. The maximum absolute atomic E-state index is 13.0. The summed E-state index contributed by atoms with van der Waals surface area (Å²) in [5, 5.41) is 2.81. The Balaban J connectivity index is 1.62. The molecule has 0 fully saturated rings. The number of rotatable bonds is 9. The number of carbonyl (C=O) groups is 1. The summed E-state index contributed by atoms with van der Waals surface area (Å²) in [6.07, 6.45) is 0. The van der Waals surface area contributed by atoms with Crippen LogP contribution in [-0.2, 0) is 16.6 Å². The quantitative estimate of drug-likeness (QED) is 0.506. The Labute approximate surface area is 186 Å². The van der Waals surface area contributed by atoms with E-state index < -0.39 is 15.8 Å². The summed E-state index contributed by atoms with van der Waals surface area (Å²) >= 11 is 0. The Morgan fingerprint density at radius 3 is 2.28 bits per heavy atom. The smallest absolute Gasteiger partial charge is 0.261 e. The van der Waals surface area contributed by atoms with Crippen molar-refractivity contribution in [1.29, 1.82) is 0 Å². The second-order valence-corrected chi connectivity index (χ2v) is 8.42. The standard InChI is InChI=1S/C23H23FN2O5S/c1-3-31-21-13-4-16(14-22(21)30-2)15-25-23(27)17-5-9-19(10-6-17)26-32(28,29)20-11-7-18(24)8-12-20/h4-14,26H,3,15H2,1-2H3,(H,25,27). The molecule has 1 amide bonds. The van der Waals surface area contributed by atoms with Crippen molar-refractivity contribution in [2.24, 2.45) is 0 Å². The SMILES string of the molecule is CCOc1ccc(CNC(=O)c2ccc(NS(=O)(=O)c3ccc(F)cc3)cc2)cc1OC. The number of hydrogen-bond donors (Lipinski definition) is 2. The maximum atomic E-state index is 13.0. The van der Waals surface area contributed by atoms with E-state index in [9.17, 15) is 17.6 Å². The first kappa shape index (κ1) is 23.1. The average molecular weight is 459 g/mol. The maximum Gasteiger partial charge on any atom is 0.261 e. The monoisotopic (exact) mass is 458 g/mol. The minimum atomic E-state index is -3.86. The molecule has 0 aliphatic carbocycles. The van der Waals surface area contributed by atoms with Gasteiger partial charge in [-0.15, -0.1) is 0 Å². The number of amides is 1. The fourth-order valence-electron chi connectivity index (χ4n) is 2.90. The third-order valence-corrected chi connectivity index (χ3v) is 5.90. The fraction of sp³-hybridized carbons (Fsp3) is 0.174. The molecule has 3 aromatic carbocycles. The van der Waals surface area contributed by atoms with Gasteiger partial charge in [0.2, 0.25) is 0 Å². The highest BCUT2D eigenvalue weighted by atomic mass is 32.2. The van der Waals surface area contributed by atoms with E-state index in [0.29, 0.717) is 23.7 Å². The molecule has 3 rings (SSSR count). The molecule has 0 aromatic heterocycles. The van der Waals surface area contributed by atoms with Crippen LogP contribution in [0.3, 0.4) is 0 Å². The van der Waals surface area contributed by atoms with Gasteiger partial charge in [0.05, 0.1) is 18.6 Å². The molecule has 2 N–H and O–H groups in total. The summed E-state index contributed by atoms with van der Waals surface area (Å²) in [4.78, 5) is 12.4. The third-order valence-electron chi connectivity index (χ3n) is 4.50. The van der Waals surface area contributed by atoms with Gasteiger partial charge in [0.1, 0.15) is 5.82 Å². The molecule has 0 saturated heterocycles. The average Bonchev–Trinajstić information content (AvgIpc) is 2.79. The number of nitrogens with one attached hydrogen (secondary N) is 2. The van der Waals surface area contributed by atoms with Crippen LogP contribution in [0.2, 0.25) is 0 Å². The molecule has 0 spiro atoms. The molecule has 0 unspecified atom stereocenters. The number of methoxy groups -OCH3 is 1. The zero-order valence-corrected chi connectivity index (χ0v) is 18.4. The van der Waals surface area contributed by atoms with Crippen molar-refractivity contribution >= 4 is 21.6 Å². The van der Waals surface area contributed by atoms with Crippen LogP contribution in [0.25, 0.3) is 0 Å². The van der Waals surface area contributed by atoms with Crippen LogP contribution in [0.15, 0.2) is 71.6 Å². The molecule has 0 aliphatic heterocycles. The molecule has 168 valence electrons. The van der Waals surface area contributed by atoms with Crippen molar-refractivity contribution in [3.63, 3.8) is 0 Å². The lowest BCUT2D eigenvalue weighted by Gasteiger charge is -2.12. The van der Waals surface area contributed by atoms with E-state index in [1.54, 1.807) is 19.2 Å². The van der Waals surface area contributed by atoms with Crippen LogP contribution in [-0.4, -0.2) is 28.0 Å². The van der Waals surface area contributed by atoms with Crippen molar-refractivity contribution in [2.75, 3.05) is 18.4 Å². The first-order valence-corrected chi connectivity index (χ1v) is 11.3. The fourth-order valence-corrected chi connectivity index (χ4v) is 3.96. The molecule has 0 radical (unpaired) electrons. The van der Waals surface area contributed by atoms with Crippen LogP contribution in [0.4, 0.5) is 10.1 Å². The molecule has 0 aliphatic rings. The third kappa shape index (κ3) is 5.76. The second kappa shape index (κ2) is 10.1. The number of anilines is 1. The molecule has 0 atom stereocenters. The zero-order chi connectivity index (χ0) is 23.1. The number of ether oxygens (including phenoxy) is 2. The lowest BCUT2D eigenvalue weighted by molar-refractivity contribution is 0.0951. The summed E-state index contributed by atoms with van der Waals surface area (Å²) in [5.41, 5.74) is 1.48. The van der Waals surface area contributed by atoms with Gasteiger partial charge in [0, 0.05) is 17.8 Å². The number of carbonyl (C=O) groups excluding carboxylic acids is 1. The van der Waals surface area contributed by atoms with Gasteiger partial charge in [-0.3, -0.25) is 9.52 Å². The highest BCUT2D eigenvalue weighted by Gasteiger charge is 2.15. The molecule has 0 saturated carbocycles. The number of hydrogen-bond acceptors (Lipinski definition) is 5. The minimum Gasteiger partial charge on any atom is -0.493 e. The van der Waals surface area contributed by atoms with Gasteiger partial charge in [0.15, 0.2) is 11.5 Å². The van der Waals surface area contributed by atoms with Crippen LogP contribution < -0.4 is 19.5 Å². The van der Waals surface area contributed by atoms with Gasteiger partial charge in [-0.1, -0.05) is 6.07 Å². The van der Waals surface area contributed by atoms with Crippen LogP contribution in [0, 0.1) is 5.82 Å². The van der Waals surface area contributed by atoms with E-state index in [1.807, 2.05) is 13.0 Å². The van der Waals surface area contributed by atoms with Crippen LogP contribution >= 0.6 is 0 Å².